The molecule has 1 aliphatic heterocycles. The molecule has 1 aromatic heterocycles. The Balaban J connectivity index is 1.79. The molecule has 0 spiro atoms. The van der Waals surface area contributed by atoms with Crippen molar-refractivity contribution in [1.29, 1.82) is 0 Å². The van der Waals surface area contributed by atoms with Gasteiger partial charge in [-0.2, -0.15) is 5.10 Å². The molecule has 35 heavy (non-hydrogen) atoms. The minimum Gasteiger partial charge on any atom is -0.383 e. The van der Waals surface area contributed by atoms with E-state index < -0.39 is 6.04 Å². The van der Waals surface area contributed by atoms with Gasteiger partial charge < -0.3 is 15.5 Å². The highest BCUT2D eigenvalue weighted by atomic mass is 16.2. The first-order chi connectivity index (χ1) is 16.8. The summed E-state index contributed by atoms with van der Waals surface area (Å²) < 4.78 is 1.58. The van der Waals surface area contributed by atoms with E-state index in [0.29, 0.717) is 18.7 Å². The summed E-state index contributed by atoms with van der Waals surface area (Å²) in [5, 5.41) is 11.6. The number of hydrogen-bond donors (Lipinski definition) is 2. The van der Waals surface area contributed by atoms with Crippen LogP contribution in [0.2, 0.25) is 0 Å². The van der Waals surface area contributed by atoms with Crippen molar-refractivity contribution in [1.82, 2.24) is 20.0 Å². The summed E-state index contributed by atoms with van der Waals surface area (Å²) in [5.41, 5.74) is 1.98. The third-order valence-electron chi connectivity index (χ3n) is 6.69. The van der Waals surface area contributed by atoms with Crippen LogP contribution in [0.3, 0.4) is 0 Å². The van der Waals surface area contributed by atoms with Crippen molar-refractivity contribution in [3.63, 3.8) is 0 Å². The maximum Gasteiger partial charge on any atom is 0.244 e. The van der Waals surface area contributed by atoms with Gasteiger partial charge in [-0.25, -0.2) is 0 Å². The van der Waals surface area contributed by atoms with Gasteiger partial charge in [0, 0.05) is 37.6 Å². The third-order valence-corrected chi connectivity index (χ3v) is 6.69. The fourth-order valence-corrected chi connectivity index (χ4v) is 4.75. The predicted octanol–water partition coefficient (Wildman–Crippen LogP) is 4.53. The Morgan fingerprint density at radius 3 is 2.43 bits per heavy atom. The van der Waals surface area contributed by atoms with Crippen molar-refractivity contribution < 1.29 is 14.4 Å². The zero-order chi connectivity index (χ0) is 25.4. The van der Waals surface area contributed by atoms with E-state index in [0.717, 1.165) is 42.3 Å². The summed E-state index contributed by atoms with van der Waals surface area (Å²) in [7, 11) is 1.70. The Morgan fingerprint density at radius 2 is 1.77 bits per heavy atom. The molecule has 2 N–H and O–H groups in total. The number of fused-ring (bicyclic) bond motifs is 1. The van der Waals surface area contributed by atoms with Gasteiger partial charge in [-0.1, -0.05) is 44.9 Å². The standard InChI is InChI=1S/C27H41N5O3/c1-19(2)29-21-14-15-23-22(17-21)26(20(3)33)30-32(23)18-25(34)31(4)24-13-11-9-7-5-6-8-10-12-16-28-27(24)35/h14-15,17,19,24,29H,5-13,16,18H2,1-4H3,(H,28,35). The first-order valence-electron chi connectivity index (χ1n) is 13.1. The molecule has 0 saturated carbocycles. The second kappa shape index (κ2) is 12.7. The van der Waals surface area contributed by atoms with Gasteiger partial charge >= 0.3 is 0 Å². The van der Waals surface area contributed by atoms with E-state index in [1.54, 1.807) is 16.6 Å². The third kappa shape index (κ3) is 7.29. The first kappa shape index (κ1) is 26.7. The van der Waals surface area contributed by atoms with Crippen LogP contribution in [0.1, 0.15) is 89.0 Å². The number of carbonyl (C=O) groups is 3. The number of carbonyl (C=O) groups excluding carboxylic acids is 3. The molecule has 0 aliphatic carbocycles. The molecule has 8 nitrogen and oxygen atoms in total. The quantitative estimate of drug-likeness (QED) is 0.589. The molecular formula is C27H41N5O3. The molecule has 1 fully saturated rings. The topological polar surface area (TPSA) is 96.3 Å². The van der Waals surface area contributed by atoms with Gasteiger partial charge in [-0.05, 0) is 44.9 Å². The molecule has 8 heteroatoms. The lowest BCUT2D eigenvalue weighted by molar-refractivity contribution is -0.139. The zero-order valence-corrected chi connectivity index (χ0v) is 21.7. The minimum atomic E-state index is -0.501. The maximum absolute atomic E-state index is 13.3. The monoisotopic (exact) mass is 483 g/mol. The molecule has 192 valence electrons. The second-order valence-electron chi connectivity index (χ2n) is 10.0. The summed E-state index contributed by atoms with van der Waals surface area (Å²) in [4.78, 5) is 40.1. The van der Waals surface area contributed by atoms with Crippen molar-refractivity contribution in [2.75, 3.05) is 18.9 Å². The van der Waals surface area contributed by atoms with Crippen LogP contribution in [0.4, 0.5) is 5.69 Å². The SMILES string of the molecule is CC(=O)c1nn(CC(=O)N(C)C2CCCCCCCCCCNC2=O)c2ccc(NC(C)C)cc12. The number of ketones is 1. The lowest BCUT2D eigenvalue weighted by Crippen LogP contribution is -2.48. The van der Waals surface area contributed by atoms with Crippen LogP contribution < -0.4 is 10.6 Å². The van der Waals surface area contributed by atoms with Crippen molar-refractivity contribution in [3.05, 3.63) is 23.9 Å². The highest BCUT2D eigenvalue weighted by Crippen LogP contribution is 2.24. The molecule has 0 bridgehead atoms. The number of Topliss-reactive ketones (excluding diaryl/α,β-unsaturated/α-hetero) is 1. The minimum absolute atomic E-state index is 0.0268. The summed E-state index contributed by atoms with van der Waals surface area (Å²) in [6.07, 6.45) is 9.61. The number of benzene rings is 1. The lowest BCUT2D eigenvalue weighted by Gasteiger charge is -2.27. The Morgan fingerprint density at radius 1 is 1.11 bits per heavy atom. The Labute approximate surface area is 208 Å². The van der Waals surface area contributed by atoms with Gasteiger partial charge in [0.05, 0.1) is 5.52 Å². The molecule has 1 unspecified atom stereocenters. The summed E-state index contributed by atoms with van der Waals surface area (Å²) in [6.45, 7) is 6.21. The molecule has 2 heterocycles. The van der Waals surface area contributed by atoms with E-state index >= 15 is 0 Å². The van der Waals surface area contributed by atoms with Crippen LogP contribution in [-0.4, -0.2) is 58.0 Å². The van der Waals surface area contributed by atoms with Crippen LogP contribution in [0.15, 0.2) is 18.2 Å². The first-order valence-corrected chi connectivity index (χ1v) is 13.1. The summed E-state index contributed by atoms with van der Waals surface area (Å²) >= 11 is 0. The van der Waals surface area contributed by atoms with E-state index in [1.165, 1.54) is 32.6 Å². The van der Waals surface area contributed by atoms with E-state index in [-0.39, 0.29) is 30.2 Å². The van der Waals surface area contributed by atoms with Gasteiger partial charge in [-0.3, -0.25) is 19.1 Å². The highest BCUT2D eigenvalue weighted by molar-refractivity contribution is 6.06. The van der Waals surface area contributed by atoms with Gasteiger partial charge in [-0.15, -0.1) is 0 Å². The molecule has 1 aliphatic rings. The number of rotatable bonds is 6. The van der Waals surface area contributed by atoms with Gasteiger partial charge in [0.2, 0.25) is 11.8 Å². The zero-order valence-electron chi connectivity index (χ0n) is 21.7. The average molecular weight is 484 g/mol. The van der Waals surface area contributed by atoms with Gasteiger partial charge in [0.25, 0.3) is 0 Å². The maximum atomic E-state index is 13.3. The average Bonchev–Trinajstić information content (AvgIpc) is 3.17. The summed E-state index contributed by atoms with van der Waals surface area (Å²) in [5.74, 6) is -0.427. The molecular weight excluding hydrogens is 442 g/mol. The van der Waals surface area contributed by atoms with Crippen LogP contribution in [0.25, 0.3) is 10.9 Å². The Bertz CT molecular complexity index is 1030. The molecule has 1 aromatic carbocycles. The van der Waals surface area contributed by atoms with Gasteiger partial charge in [0.1, 0.15) is 18.3 Å². The number of amides is 2. The van der Waals surface area contributed by atoms with Crippen molar-refractivity contribution in [3.8, 4) is 0 Å². The number of aromatic nitrogens is 2. The number of anilines is 1. The number of nitrogens with zero attached hydrogens (tertiary/aromatic N) is 3. The molecule has 2 aromatic rings. The number of nitrogens with one attached hydrogen (secondary N) is 2. The number of likely N-dealkylation sites (N-methyl/N-ethyl adjacent to an activating group) is 1. The molecule has 1 saturated heterocycles. The fraction of sp³-hybridized carbons (Fsp3) is 0.630. The second-order valence-corrected chi connectivity index (χ2v) is 10.0. The highest BCUT2D eigenvalue weighted by Gasteiger charge is 2.27. The normalized spacial score (nSPS) is 18.3. The van der Waals surface area contributed by atoms with Crippen LogP contribution in [-0.2, 0) is 16.1 Å². The lowest BCUT2D eigenvalue weighted by atomic mass is 10.0. The van der Waals surface area contributed by atoms with E-state index in [2.05, 4.69) is 15.7 Å². The fourth-order valence-electron chi connectivity index (χ4n) is 4.75. The largest absolute Gasteiger partial charge is 0.383 e. The molecule has 1 atom stereocenters. The van der Waals surface area contributed by atoms with E-state index in [4.69, 9.17) is 0 Å². The van der Waals surface area contributed by atoms with E-state index in [1.807, 2.05) is 32.0 Å². The van der Waals surface area contributed by atoms with Crippen LogP contribution in [0, 0.1) is 0 Å². The summed E-state index contributed by atoms with van der Waals surface area (Å²) in [6, 6.07) is 5.48. The Hall–Kier alpha value is -2.90. The van der Waals surface area contributed by atoms with Crippen LogP contribution in [0.5, 0.6) is 0 Å². The molecule has 0 radical (unpaired) electrons. The van der Waals surface area contributed by atoms with Gasteiger partial charge in [0.15, 0.2) is 5.78 Å². The number of hydrogen-bond acceptors (Lipinski definition) is 5. The van der Waals surface area contributed by atoms with Crippen molar-refractivity contribution >= 4 is 34.2 Å². The Kier molecular flexibility index (Phi) is 9.69. The van der Waals surface area contributed by atoms with Crippen molar-refractivity contribution in [2.24, 2.45) is 0 Å². The van der Waals surface area contributed by atoms with Crippen molar-refractivity contribution in [2.45, 2.75) is 97.2 Å². The molecule has 3 rings (SSSR count). The smallest absolute Gasteiger partial charge is 0.244 e. The predicted molar refractivity (Wildman–Crippen MR) is 140 cm³/mol. The van der Waals surface area contributed by atoms with Crippen LogP contribution >= 0.6 is 0 Å². The van der Waals surface area contributed by atoms with E-state index in [9.17, 15) is 14.4 Å². The molecule has 2 amide bonds.